The molecule has 0 saturated carbocycles. The number of carbonyl (C=O) groups is 1. The van der Waals surface area contributed by atoms with Gasteiger partial charge in [-0.1, -0.05) is 57.9 Å². The first-order valence-electron chi connectivity index (χ1n) is 9.09. The van der Waals surface area contributed by atoms with Crippen LogP contribution in [0.1, 0.15) is 90.4 Å². The second kappa shape index (κ2) is 15.5. The number of hydrogen-bond donors (Lipinski definition) is 1. The van der Waals surface area contributed by atoms with Crippen molar-refractivity contribution in [3.05, 3.63) is 22.3 Å². The van der Waals surface area contributed by atoms with E-state index in [2.05, 4.69) is 6.92 Å². The van der Waals surface area contributed by atoms with Gasteiger partial charge in [-0.2, -0.15) is 0 Å². The topological polar surface area (TPSA) is 80.4 Å². The number of carboxylic acid groups (broad SMARTS) is 1. The summed E-state index contributed by atoms with van der Waals surface area (Å²) in [6.07, 6.45) is 15.9. The van der Waals surface area contributed by atoms with E-state index in [-0.39, 0.29) is 11.3 Å². The van der Waals surface area contributed by atoms with E-state index in [1.54, 1.807) is 6.08 Å². The summed E-state index contributed by atoms with van der Waals surface area (Å²) in [4.78, 5) is 21.2. The third-order valence-electron chi connectivity index (χ3n) is 3.99. The van der Waals surface area contributed by atoms with Crippen molar-refractivity contribution in [2.45, 2.75) is 96.4 Å². The predicted molar refractivity (Wildman–Crippen MR) is 93.3 cm³/mol. The third-order valence-corrected chi connectivity index (χ3v) is 3.99. The maximum atomic E-state index is 11.0. The minimum atomic E-state index is -0.772. The molecule has 0 aromatic rings. The van der Waals surface area contributed by atoms with E-state index in [0.717, 1.165) is 32.1 Å². The molecule has 0 spiro atoms. The Morgan fingerprint density at radius 3 is 2.30 bits per heavy atom. The predicted octanol–water partition coefficient (Wildman–Crippen LogP) is 5.36. The van der Waals surface area contributed by atoms with E-state index >= 15 is 0 Å². The van der Waals surface area contributed by atoms with Crippen molar-refractivity contribution in [3.63, 3.8) is 0 Å². The van der Waals surface area contributed by atoms with Crippen LogP contribution in [0.4, 0.5) is 0 Å². The minimum absolute atomic E-state index is 0.191. The number of nitrogens with zero attached hydrogens (tertiary/aromatic N) is 1. The Balaban J connectivity index is 3.70. The molecular formula is C18H33NO4. The van der Waals surface area contributed by atoms with Gasteiger partial charge in [0, 0.05) is 17.8 Å². The molecule has 1 N–H and O–H groups in total. The fourth-order valence-corrected chi connectivity index (χ4v) is 2.55. The zero-order valence-corrected chi connectivity index (χ0v) is 14.5. The van der Waals surface area contributed by atoms with Gasteiger partial charge in [-0.3, -0.25) is 14.9 Å². The molecular weight excluding hydrogens is 294 g/mol. The first-order valence-corrected chi connectivity index (χ1v) is 9.09. The molecule has 1 atom stereocenters. The van der Waals surface area contributed by atoms with Gasteiger partial charge in [0.05, 0.1) is 0 Å². The number of unbranched alkanes of at least 4 members (excludes halogenated alkanes) is 9. The van der Waals surface area contributed by atoms with Gasteiger partial charge in [-0.25, -0.2) is 0 Å². The van der Waals surface area contributed by atoms with E-state index in [9.17, 15) is 14.9 Å². The third kappa shape index (κ3) is 15.3. The van der Waals surface area contributed by atoms with Crippen molar-refractivity contribution in [2.75, 3.05) is 0 Å². The number of aliphatic carboxylic acids is 1. The zero-order chi connectivity index (χ0) is 17.3. The summed E-state index contributed by atoms with van der Waals surface area (Å²) in [6, 6.07) is -0.588. The number of rotatable bonds is 16. The fourth-order valence-electron chi connectivity index (χ4n) is 2.55. The zero-order valence-electron chi connectivity index (χ0n) is 14.5. The van der Waals surface area contributed by atoms with Crippen molar-refractivity contribution >= 4 is 5.97 Å². The molecule has 0 radical (unpaired) electrons. The van der Waals surface area contributed by atoms with E-state index in [1.165, 1.54) is 32.1 Å². The van der Waals surface area contributed by atoms with Crippen LogP contribution in [0.5, 0.6) is 0 Å². The van der Waals surface area contributed by atoms with Gasteiger partial charge in [-0.05, 0) is 31.8 Å². The molecule has 0 saturated heterocycles. The molecule has 5 heteroatoms. The van der Waals surface area contributed by atoms with Gasteiger partial charge in [0.1, 0.15) is 0 Å². The molecule has 0 bridgehead atoms. The van der Waals surface area contributed by atoms with Crippen molar-refractivity contribution < 1.29 is 14.8 Å². The van der Waals surface area contributed by atoms with Crippen LogP contribution >= 0.6 is 0 Å². The highest BCUT2D eigenvalue weighted by atomic mass is 16.6. The number of hydrogen-bond acceptors (Lipinski definition) is 3. The van der Waals surface area contributed by atoms with Gasteiger partial charge >= 0.3 is 5.97 Å². The van der Waals surface area contributed by atoms with Crippen LogP contribution in [0.15, 0.2) is 12.2 Å². The fraction of sp³-hybridized carbons (Fsp3) is 0.833. The first kappa shape index (κ1) is 21.6. The second-order valence-corrected chi connectivity index (χ2v) is 6.18. The van der Waals surface area contributed by atoms with Crippen LogP contribution in [0.3, 0.4) is 0 Å². The average Bonchev–Trinajstić information content (AvgIpc) is 2.50. The Morgan fingerprint density at radius 2 is 1.65 bits per heavy atom. The van der Waals surface area contributed by atoms with E-state index < -0.39 is 12.0 Å². The summed E-state index contributed by atoms with van der Waals surface area (Å²) < 4.78 is 0. The van der Waals surface area contributed by atoms with Crippen molar-refractivity contribution in [3.8, 4) is 0 Å². The molecule has 0 fully saturated rings. The minimum Gasteiger partial charge on any atom is -0.481 e. The molecule has 0 aromatic carbocycles. The van der Waals surface area contributed by atoms with E-state index in [0.29, 0.717) is 12.8 Å². The van der Waals surface area contributed by atoms with Crippen LogP contribution in [-0.2, 0) is 4.79 Å². The summed E-state index contributed by atoms with van der Waals surface area (Å²) >= 11 is 0. The van der Waals surface area contributed by atoms with Crippen LogP contribution in [0.2, 0.25) is 0 Å². The normalized spacial score (nSPS) is 12.6. The number of nitro groups is 1. The van der Waals surface area contributed by atoms with Gasteiger partial charge in [-0.15, -0.1) is 0 Å². The number of allylic oxidation sites excluding steroid dienone is 1. The lowest BCUT2D eigenvalue weighted by Gasteiger charge is -2.05. The first-order chi connectivity index (χ1) is 11.1. The Bertz CT molecular complexity index is 342. The standard InChI is InChI=1S/C18H33NO4/c1-2-3-4-5-6-7-8-11-14-17(19(22)23)15-12-9-10-13-16-18(20)21/h11,14,17H,2-10,12-13,15-16H2,1H3,(H,20,21)/b14-11+. The Kier molecular flexibility index (Phi) is 14.6. The van der Waals surface area contributed by atoms with Crippen LogP contribution in [0, 0.1) is 10.1 Å². The smallest absolute Gasteiger partial charge is 0.303 e. The molecule has 23 heavy (non-hydrogen) atoms. The maximum Gasteiger partial charge on any atom is 0.303 e. The summed E-state index contributed by atoms with van der Waals surface area (Å²) in [5.41, 5.74) is 0. The highest BCUT2D eigenvalue weighted by Gasteiger charge is 2.14. The van der Waals surface area contributed by atoms with Crippen LogP contribution in [-0.4, -0.2) is 22.0 Å². The van der Waals surface area contributed by atoms with Gasteiger partial charge in [0.15, 0.2) is 0 Å². The molecule has 0 aliphatic rings. The summed E-state index contributed by atoms with van der Waals surface area (Å²) in [6.45, 7) is 2.20. The highest BCUT2D eigenvalue weighted by molar-refractivity contribution is 5.66. The summed E-state index contributed by atoms with van der Waals surface area (Å²) in [5.74, 6) is -0.772. The van der Waals surface area contributed by atoms with E-state index in [4.69, 9.17) is 5.11 Å². The largest absolute Gasteiger partial charge is 0.481 e. The summed E-state index contributed by atoms with van der Waals surface area (Å²) in [7, 11) is 0. The van der Waals surface area contributed by atoms with Crippen molar-refractivity contribution in [1.29, 1.82) is 0 Å². The number of carboxylic acids is 1. The molecule has 0 rings (SSSR count). The lowest BCUT2D eigenvalue weighted by atomic mass is 10.1. The Labute approximate surface area is 140 Å². The average molecular weight is 327 g/mol. The summed E-state index contributed by atoms with van der Waals surface area (Å²) in [5, 5.41) is 19.6. The molecule has 0 heterocycles. The van der Waals surface area contributed by atoms with Crippen molar-refractivity contribution in [2.24, 2.45) is 0 Å². The van der Waals surface area contributed by atoms with Crippen molar-refractivity contribution in [1.82, 2.24) is 0 Å². The van der Waals surface area contributed by atoms with Gasteiger partial charge in [0.25, 0.3) is 0 Å². The molecule has 0 amide bonds. The highest BCUT2D eigenvalue weighted by Crippen LogP contribution is 2.12. The molecule has 0 aromatic heterocycles. The SMILES string of the molecule is CCCCCCCC/C=C/C(CCCCCCC(=O)O)[N+](=O)[O-]. The quantitative estimate of drug-likeness (QED) is 0.179. The molecule has 1 unspecified atom stereocenters. The Hall–Kier alpha value is -1.39. The van der Waals surface area contributed by atoms with Gasteiger partial charge in [0.2, 0.25) is 6.04 Å². The monoisotopic (exact) mass is 327 g/mol. The van der Waals surface area contributed by atoms with Gasteiger partial charge < -0.3 is 5.11 Å². The van der Waals surface area contributed by atoms with E-state index in [1.807, 2.05) is 6.08 Å². The van der Waals surface area contributed by atoms with Crippen LogP contribution < -0.4 is 0 Å². The molecule has 5 nitrogen and oxygen atoms in total. The molecule has 134 valence electrons. The molecule has 0 aliphatic heterocycles. The Morgan fingerprint density at radius 1 is 1.04 bits per heavy atom. The maximum absolute atomic E-state index is 11.0. The lowest BCUT2D eigenvalue weighted by Crippen LogP contribution is -2.16. The van der Waals surface area contributed by atoms with Crippen LogP contribution in [0.25, 0.3) is 0 Å². The second-order valence-electron chi connectivity index (χ2n) is 6.18. The molecule has 0 aliphatic carbocycles. The lowest BCUT2D eigenvalue weighted by molar-refractivity contribution is -0.510.